The third-order valence-electron chi connectivity index (χ3n) is 5.55. The van der Waals surface area contributed by atoms with Crippen LogP contribution in [0.4, 0.5) is 0 Å². The largest absolute Gasteiger partial charge is 0.465 e. The van der Waals surface area contributed by atoms with Gasteiger partial charge >= 0.3 is 11.9 Å². The van der Waals surface area contributed by atoms with E-state index in [9.17, 15) is 9.59 Å². The number of carbonyl (C=O) groups is 2. The molecule has 2 heterocycles. The average Bonchev–Trinajstić information content (AvgIpc) is 3.41. The highest BCUT2D eigenvalue weighted by Crippen LogP contribution is 2.22. The number of ether oxygens (including phenoxy) is 2. The Morgan fingerprint density at radius 2 is 1.12 bits per heavy atom. The third kappa shape index (κ3) is 5.50. The Kier molecular flexibility index (Phi) is 7.82. The minimum atomic E-state index is -0.292. The second-order valence-corrected chi connectivity index (χ2v) is 9.13. The molecule has 180 valence electrons. The summed E-state index contributed by atoms with van der Waals surface area (Å²) >= 11 is 0. The number of hydrogen-bond donors (Lipinski definition) is 0. The van der Waals surface area contributed by atoms with E-state index in [2.05, 4.69) is 36.8 Å². The molecule has 0 aliphatic heterocycles. The van der Waals surface area contributed by atoms with Gasteiger partial charge in [0.2, 0.25) is 0 Å². The van der Waals surface area contributed by atoms with Gasteiger partial charge in [0, 0.05) is 46.3 Å². The quantitative estimate of drug-likeness (QED) is 0.306. The first-order valence-electron chi connectivity index (χ1n) is 11.6. The molecule has 0 saturated heterocycles. The van der Waals surface area contributed by atoms with Crippen LogP contribution >= 0.6 is 0 Å². The number of rotatable bonds is 5. The van der Waals surface area contributed by atoms with Crippen LogP contribution in [0.3, 0.4) is 0 Å². The maximum atomic E-state index is 11.8. The van der Waals surface area contributed by atoms with Gasteiger partial charge in [0.15, 0.2) is 0 Å². The van der Waals surface area contributed by atoms with Crippen LogP contribution in [-0.2, 0) is 9.47 Å². The minimum Gasteiger partial charge on any atom is -0.465 e. The Morgan fingerprint density at radius 3 is 1.50 bits per heavy atom. The van der Waals surface area contributed by atoms with E-state index < -0.39 is 0 Å². The van der Waals surface area contributed by atoms with Gasteiger partial charge < -0.3 is 18.6 Å². The van der Waals surface area contributed by atoms with Gasteiger partial charge in [-0.2, -0.15) is 0 Å². The van der Waals surface area contributed by atoms with Gasteiger partial charge in [-0.25, -0.2) is 9.59 Å². The first-order chi connectivity index (χ1) is 16.1. The van der Waals surface area contributed by atoms with Crippen LogP contribution in [0.5, 0.6) is 0 Å². The van der Waals surface area contributed by atoms with Gasteiger partial charge in [0.1, 0.15) is 0 Å². The fourth-order valence-electron chi connectivity index (χ4n) is 3.88. The molecule has 0 amide bonds. The van der Waals surface area contributed by atoms with Crippen molar-refractivity contribution < 1.29 is 19.1 Å². The van der Waals surface area contributed by atoms with Gasteiger partial charge in [0.05, 0.1) is 24.3 Å². The molecule has 0 atom stereocenters. The first kappa shape index (κ1) is 25.1. The molecule has 0 bridgehead atoms. The van der Waals surface area contributed by atoms with Gasteiger partial charge in [-0.15, -0.1) is 0 Å². The van der Waals surface area contributed by atoms with Crippen molar-refractivity contribution in [3.63, 3.8) is 0 Å². The normalized spacial score (nSPS) is 11.2. The van der Waals surface area contributed by atoms with Crippen molar-refractivity contribution in [3.8, 4) is 0 Å². The van der Waals surface area contributed by atoms with E-state index in [4.69, 9.17) is 9.47 Å². The maximum absolute atomic E-state index is 11.8. The number of carbonyl (C=O) groups excluding carboxylic acids is 2. The van der Waals surface area contributed by atoms with Crippen molar-refractivity contribution in [1.82, 2.24) is 9.13 Å². The van der Waals surface area contributed by atoms with E-state index in [1.165, 1.54) is 7.11 Å². The Bertz CT molecular complexity index is 1290. The predicted octanol–water partition coefficient (Wildman–Crippen LogP) is 6.80. The summed E-state index contributed by atoms with van der Waals surface area (Å²) in [5.74, 6) is -0.552. The molecule has 0 saturated carbocycles. The van der Waals surface area contributed by atoms with Crippen molar-refractivity contribution in [2.24, 2.45) is 0 Å². The average molecular weight is 463 g/mol. The molecule has 0 unspecified atom stereocenters. The van der Waals surface area contributed by atoms with Crippen LogP contribution in [0.1, 0.15) is 74.3 Å². The van der Waals surface area contributed by atoms with Gasteiger partial charge in [-0.3, -0.25) is 0 Å². The molecular weight excluding hydrogens is 428 g/mol. The summed E-state index contributed by atoms with van der Waals surface area (Å²) in [6, 6.07) is 16.2. The number of methoxy groups -OCH3 is 1. The monoisotopic (exact) mass is 462 g/mol. The molecule has 4 aromatic rings. The van der Waals surface area contributed by atoms with Gasteiger partial charge in [-0.05, 0) is 90.1 Å². The Morgan fingerprint density at radius 1 is 0.676 bits per heavy atom. The van der Waals surface area contributed by atoms with Crippen LogP contribution in [0.25, 0.3) is 21.8 Å². The summed E-state index contributed by atoms with van der Waals surface area (Å²) in [4.78, 5) is 23.2. The van der Waals surface area contributed by atoms with Crippen LogP contribution in [0.15, 0.2) is 60.9 Å². The molecule has 6 nitrogen and oxygen atoms in total. The van der Waals surface area contributed by atoms with Crippen molar-refractivity contribution in [2.45, 2.75) is 59.7 Å². The van der Waals surface area contributed by atoms with Crippen molar-refractivity contribution in [2.75, 3.05) is 7.11 Å². The van der Waals surface area contributed by atoms with Crippen molar-refractivity contribution in [1.29, 1.82) is 0 Å². The van der Waals surface area contributed by atoms with E-state index in [0.717, 1.165) is 21.8 Å². The summed E-state index contributed by atoms with van der Waals surface area (Å²) in [7, 11) is 1.39. The lowest BCUT2D eigenvalue weighted by atomic mass is 10.1. The zero-order valence-corrected chi connectivity index (χ0v) is 21.0. The van der Waals surface area contributed by atoms with Crippen LogP contribution in [0.2, 0.25) is 0 Å². The lowest BCUT2D eigenvalue weighted by molar-refractivity contribution is 0.0377. The zero-order chi connectivity index (χ0) is 25.0. The molecule has 0 fully saturated rings. The molecule has 0 spiro atoms. The van der Waals surface area contributed by atoms with E-state index in [1.807, 2.05) is 68.7 Å². The molecule has 2 aromatic heterocycles. The molecule has 0 aliphatic rings. The number of aromatic nitrogens is 2. The summed E-state index contributed by atoms with van der Waals surface area (Å²) in [5.41, 5.74) is 3.49. The second-order valence-electron chi connectivity index (χ2n) is 9.13. The van der Waals surface area contributed by atoms with E-state index in [-0.39, 0.29) is 18.0 Å². The summed E-state index contributed by atoms with van der Waals surface area (Å²) in [6.45, 7) is 12.2. The third-order valence-corrected chi connectivity index (χ3v) is 5.55. The number of fused-ring (bicyclic) bond motifs is 2. The summed E-state index contributed by atoms with van der Waals surface area (Å²) < 4.78 is 14.3. The number of nitrogens with zero attached hydrogens (tertiary/aromatic N) is 2. The number of hydrogen-bond acceptors (Lipinski definition) is 4. The fraction of sp³-hybridized carbons (Fsp3) is 0.357. The number of benzene rings is 2. The fourth-order valence-corrected chi connectivity index (χ4v) is 3.88. The van der Waals surface area contributed by atoms with Gasteiger partial charge in [0.25, 0.3) is 0 Å². The van der Waals surface area contributed by atoms with E-state index in [1.54, 1.807) is 6.07 Å². The van der Waals surface area contributed by atoms with Crippen LogP contribution in [-0.4, -0.2) is 34.3 Å². The molecular formula is C28H34N2O4. The van der Waals surface area contributed by atoms with Crippen molar-refractivity contribution in [3.05, 3.63) is 72.1 Å². The van der Waals surface area contributed by atoms with E-state index >= 15 is 0 Å². The summed E-state index contributed by atoms with van der Waals surface area (Å²) in [6.07, 6.45) is 4.00. The topological polar surface area (TPSA) is 62.5 Å². The molecule has 2 aromatic carbocycles. The highest BCUT2D eigenvalue weighted by molar-refractivity contribution is 5.95. The van der Waals surface area contributed by atoms with Gasteiger partial charge in [-0.1, -0.05) is 0 Å². The Labute approximate surface area is 201 Å². The SMILES string of the molecule is CC(C)OC(=O)c1ccc2c(ccn2C(C)C)c1.COC(=O)c1ccc2c(ccn2C(C)C)c1. The van der Waals surface area contributed by atoms with Crippen LogP contribution < -0.4 is 0 Å². The van der Waals surface area contributed by atoms with E-state index in [0.29, 0.717) is 23.2 Å². The zero-order valence-electron chi connectivity index (χ0n) is 21.0. The molecule has 4 rings (SSSR count). The number of esters is 2. The van der Waals surface area contributed by atoms with Crippen molar-refractivity contribution >= 4 is 33.7 Å². The van der Waals surface area contributed by atoms with Crippen LogP contribution in [0, 0.1) is 0 Å². The highest BCUT2D eigenvalue weighted by atomic mass is 16.5. The standard InChI is InChI=1S/C15H19NO2.C13H15NO2/c1-10(2)16-8-7-12-9-13(5-6-14(12)16)15(17)18-11(3)4;1-9(2)14-7-6-10-8-11(13(15)16-3)4-5-12(10)14/h5-11H,1-4H3;4-9H,1-3H3. The predicted molar refractivity (Wildman–Crippen MR) is 137 cm³/mol. The maximum Gasteiger partial charge on any atom is 0.338 e. The smallest absolute Gasteiger partial charge is 0.338 e. The molecule has 6 heteroatoms. The Balaban J connectivity index is 0.000000192. The molecule has 34 heavy (non-hydrogen) atoms. The lowest BCUT2D eigenvalue weighted by Crippen LogP contribution is -2.11. The molecule has 0 aliphatic carbocycles. The minimum absolute atomic E-state index is 0.0894. The first-order valence-corrected chi connectivity index (χ1v) is 11.6. The Hall–Kier alpha value is -3.54. The lowest BCUT2D eigenvalue weighted by Gasteiger charge is -2.10. The highest BCUT2D eigenvalue weighted by Gasteiger charge is 2.12. The molecule has 0 N–H and O–H groups in total. The summed E-state index contributed by atoms with van der Waals surface area (Å²) in [5, 5.41) is 2.14. The molecule has 0 radical (unpaired) electrons. The second kappa shape index (κ2) is 10.6.